The molecule has 0 aliphatic rings. The molecule has 6 nitrogen and oxygen atoms in total. The van der Waals surface area contributed by atoms with Crippen LogP contribution in [-0.2, 0) is 11.3 Å². The van der Waals surface area contributed by atoms with Crippen LogP contribution in [0.15, 0.2) is 21.3 Å². The Morgan fingerprint density at radius 3 is 2.81 bits per heavy atom. The number of oxazole rings is 1. The number of fused-ring (bicyclic) bond motifs is 1. The molecule has 0 aliphatic heterocycles. The first-order valence-electron chi connectivity index (χ1n) is 6.56. The van der Waals surface area contributed by atoms with E-state index < -0.39 is 11.7 Å². The van der Waals surface area contributed by atoms with Gasteiger partial charge in [-0.2, -0.15) is 0 Å². The largest absolute Gasteiger partial charge is 0.492 e. The van der Waals surface area contributed by atoms with Gasteiger partial charge in [0.2, 0.25) is 0 Å². The predicted molar refractivity (Wildman–Crippen MR) is 78.1 cm³/mol. The van der Waals surface area contributed by atoms with E-state index in [0.717, 1.165) is 0 Å². The van der Waals surface area contributed by atoms with Gasteiger partial charge in [0.15, 0.2) is 5.58 Å². The van der Waals surface area contributed by atoms with Gasteiger partial charge in [0, 0.05) is 12.6 Å². The van der Waals surface area contributed by atoms with Crippen molar-refractivity contribution in [3.63, 3.8) is 0 Å². The van der Waals surface area contributed by atoms with Crippen LogP contribution < -0.4 is 10.5 Å². The van der Waals surface area contributed by atoms with Crippen LogP contribution in [0.1, 0.15) is 20.3 Å². The zero-order valence-corrected chi connectivity index (χ0v) is 12.5. The number of aromatic nitrogens is 1. The Hall–Kier alpha value is -1.95. The van der Waals surface area contributed by atoms with Gasteiger partial charge < -0.3 is 14.3 Å². The van der Waals surface area contributed by atoms with Gasteiger partial charge >= 0.3 is 11.7 Å². The van der Waals surface area contributed by atoms with Crippen LogP contribution in [0, 0.1) is 5.92 Å². The number of hydrogen-bond acceptors (Lipinski definition) is 4. The minimum absolute atomic E-state index is 0.0314. The molecule has 2 rings (SSSR count). The molecule has 1 aromatic heterocycles. The Labute approximate surface area is 125 Å². The first-order valence-corrected chi connectivity index (χ1v) is 6.93. The third-order valence-corrected chi connectivity index (χ3v) is 3.14. The molecule has 0 fully saturated rings. The van der Waals surface area contributed by atoms with Gasteiger partial charge in [-0.25, -0.2) is 4.79 Å². The van der Waals surface area contributed by atoms with Crippen LogP contribution in [-0.4, -0.2) is 22.2 Å². The van der Waals surface area contributed by atoms with Crippen molar-refractivity contribution in [3.05, 3.63) is 27.7 Å². The number of hydrogen-bond donors (Lipinski definition) is 1. The Morgan fingerprint density at radius 2 is 2.19 bits per heavy atom. The van der Waals surface area contributed by atoms with Crippen molar-refractivity contribution in [1.29, 1.82) is 0 Å². The maximum atomic E-state index is 11.8. The number of halogens is 1. The highest BCUT2D eigenvalue weighted by Gasteiger charge is 2.14. The van der Waals surface area contributed by atoms with E-state index in [2.05, 4.69) is 0 Å². The summed E-state index contributed by atoms with van der Waals surface area (Å²) < 4.78 is 11.9. The SMILES string of the molecule is CC(C)COc1cc2oc(=O)n(CCC(=O)O)c2cc1Cl. The van der Waals surface area contributed by atoms with Crippen molar-refractivity contribution >= 4 is 28.7 Å². The lowest BCUT2D eigenvalue weighted by Gasteiger charge is -2.10. The number of ether oxygens (including phenoxy) is 1. The van der Waals surface area contributed by atoms with Crippen molar-refractivity contribution in [3.8, 4) is 5.75 Å². The minimum atomic E-state index is -0.987. The molecule has 1 N–H and O–H groups in total. The van der Waals surface area contributed by atoms with Gasteiger partial charge in [-0.1, -0.05) is 25.4 Å². The zero-order chi connectivity index (χ0) is 15.6. The monoisotopic (exact) mass is 313 g/mol. The van der Waals surface area contributed by atoms with Crippen LogP contribution in [0.3, 0.4) is 0 Å². The molecular weight excluding hydrogens is 298 g/mol. The average molecular weight is 314 g/mol. The zero-order valence-electron chi connectivity index (χ0n) is 11.8. The van der Waals surface area contributed by atoms with Gasteiger partial charge in [0.05, 0.1) is 23.6 Å². The van der Waals surface area contributed by atoms with Crippen molar-refractivity contribution in [2.45, 2.75) is 26.8 Å². The normalized spacial score (nSPS) is 11.2. The van der Waals surface area contributed by atoms with Crippen LogP contribution in [0.5, 0.6) is 5.75 Å². The molecule has 0 saturated carbocycles. The van der Waals surface area contributed by atoms with Crippen LogP contribution in [0.25, 0.3) is 11.1 Å². The summed E-state index contributed by atoms with van der Waals surface area (Å²) in [5.74, 6) is -0.816. The molecule has 0 spiro atoms. The number of carboxylic acid groups (broad SMARTS) is 1. The third kappa shape index (κ3) is 3.58. The lowest BCUT2D eigenvalue weighted by molar-refractivity contribution is -0.137. The lowest BCUT2D eigenvalue weighted by atomic mass is 10.2. The fourth-order valence-electron chi connectivity index (χ4n) is 1.85. The molecule has 2 aromatic rings. The number of rotatable bonds is 6. The summed E-state index contributed by atoms with van der Waals surface area (Å²) in [5, 5.41) is 9.06. The Morgan fingerprint density at radius 1 is 1.48 bits per heavy atom. The molecule has 0 atom stereocenters. The fourth-order valence-corrected chi connectivity index (χ4v) is 2.06. The van der Waals surface area contributed by atoms with Gasteiger partial charge in [0.1, 0.15) is 5.75 Å². The van der Waals surface area contributed by atoms with Crippen molar-refractivity contribution in [2.24, 2.45) is 5.92 Å². The van der Waals surface area contributed by atoms with Gasteiger partial charge in [0.25, 0.3) is 0 Å². The second kappa shape index (κ2) is 6.22. The Bertz CT molecular complexity index is 716. The maximum absolute atomic E-state index is 11.8. The van der Waals surface area contributed by atoms with Crippen molar-refractivity contribution < 1.29 is 19.1 Å². The molecule has 21 heavy (non-hydrogen) atoms. The molecule has 0 aliphatic carbocycles. The molecule has 1 aromatic carbocycles. The third-order valence-electron chi connectivity index (χ3n) is 2.84. The molecule has 0 saturated heterocycles. The Kier molecular flexibility index (Phi) is 4.57. The van der Waals surface area contributed by atoms with E-state index in [1.165, 1.54) is 4.57 Å². The smallest absolute Gasteiger partial charge is 0.419 e. The highest BCUT2D eigenvalue weighted by atomic mass is 35.5. The minimum Gasteiger partial charge on any atom is -0.492 e. The maximum Gasteiger partial charge on any atom is 0.419 e. The van der Waals surface area contributed by atoms with Crippen LogP contribution in [0.4, 0.5) is 0 Å². The van der Waals surface area contributed by atoms with E-state index in [-0.39, 0.29) is 13.0 Å². The summed E-state index contributed by atoms with van der Waals surface area (Å²) in [6.45, 7) is 4.54. The van der Waals surface area contributed by atoms with E-state index >= 15 is 0 Å². The van der Waals surface area contributed by atoms with E-state index in [9.17, 15) is 9.59 Å². The molecule has 0 radical (unpaired) electrons. The topological polar surface area (TPSA) is 81.7 Å². The standard InChI is InChI=1S/C14H16ClNO5/c1-8(2)7-20-11-6-12-10(5-9(11)15)16(14(19)21-12)4-3-13(17)18/h5-6,8H,3-4,7H2,1-2H3,(H,17,18). The van der Waals surface area contributed by atoms with Gasteiger partial charge in [-0.05, 0) is 12.0 Å². The number of carbonyl (C=O) groups is 1. The van der Waals surface area contributed by atoms with Gasteiger partial charge in [-0.15, -0.1) is 0 Å². The number of aliphatic carboxylic acids is 1. The summed E-state index contributed by atoms with van der Waals surface area (Å²) in [6.07, 6.45) is -0.169. The van der Waals surface area contributed by atoms with E-state index in [4.69, 9.17) is 25.9 Å². The molecule has 0 unspecified atom stereocenters. The second-order valence-electron chi connectivity index (χ2n) is 5.12. The van der Waals surface area contributed by atoms with Crippen molar-refractivity contribution in [1.82, 2.24) is 4.57 Å². The number of nitrogens with zero attached hydrogens (tertiary/aromatic N) is 1. The first-order chi connectivity index (χ1) is 9.88. The van der Waals surface area contributed by atoms with E-state index in [0.29, 0.717) is 34.4 Å². The van der Waals surface area contributed by atoms with E-state index in [1.807, 2.05) is 13.8 Å². The fraction of sp³-hybridized carbons (Fsp3) is 0.429. The summed E-state index contributed by atoms with van der Waals surface area (Å²) in [5.41, 5.74) is 0.789. The molecule has 0 bridgehead atoms. The quantitative estimate of drug-likeness (QED) is 0.886. The number of aryl methyl sites for hydroxylation is 1. The number of benzene rings is 1. The average Bonchev–Trinajstić information content (AvgIpc) is 2.68. The highest BCUT2D eigenvalue weighted by Crippen LogP contribution is 2.30. The van der Waals surface area contributed by atoms with E-state index in [1.54, 1.807) is 12.1 Å². The second-order valence-corrected chi connectivity index (χ2v) is 5.53. The molecule has 114 valence electrons. The highest BCUT2D eigenvalue weighted by molar-refractivity contribution is 6.32. The summed E-state index contributed by atoms with van der Waals surface area (Å²) >= 11 is 6.13. The van der Waals surface area contributed by atoms with Crippen LogP contribution in [0.2, 0.25) is 5.02 Å². The predicted octanol–water partition coefficient (Wildman–Crippen LogP) is 2.76. The summed E-state index contributed by atoms with van der Waals surface area (Å²) in [4.78, 5) is 22.4. The number of carboxylic acids is 1. The molecule has 0 amide bonds. The lowest BCUT2D eigenvalue weighted by Crippen LogP contribution is -2.16. The molecular formula is C14H16ClNO5. The van der Waals surface area contributed by atoms with Crippen molar-refractivity contribution in [2.75, 3.05) is 6.61 Å². The van der Waals surface area contributed by atoms with Crippen LogP contribution >= 0.6 is 11.6 Å². The first kappa shape index (κ1) is 15.4. The summed E-state index contributed by atoms with van der Waals surface area (Å²) in [7, 11) is 0. The molecule has 1 heterocycles. The molecule has 7 heteroatoms. The van der Waals surface area contributed by atoms with Gasteiger partial charge in [-0.3, -0.25) is 9.36 Å². The summed E-state index contributed by atoms with van der Waals surface area (Å²) in [6, 6.07) is 3.11. The Balaban J connectivity index is 2.37.